The molecule has 0 saturated heterocycles. The normalized spacial score (nSPS) is 11.8. The van der Waals surface area contributed by atoms with Gasteiger partial charge < -0.3 is 0 Å². The first kappa shape index (κ1) is 20.5. The Morgan fingerprint density at radius 1 is 0.969 bits per heavy atom. The highest BCUT2D eigenvalue weighted by Crippen LogP contribution is 2.19. The van der Waals surface area contributed by atoms with Crippen molar-refractivity contribution < 1.29 is 0 Å². The highest BCUT2D eigenvalue weighted by Gasteiger charge is 2.18. The average molecular weight is 445 g/mol. The fraction of sp³-hybridized carbons (Fsp3) is 0.240. The molecule has 0 aliphatic carbocycles. The van der Waals surface area contributed by atoms with Gasteiger partial charge in [-0.3, -0.25) is 9.36 Å². The van der Waals surface area contributed by atoms with E-state index < -0.39 is 0 Å². The first-order valence-electron chi connectivity index (χ1n) is 10.7. The quantitative estimate of drug-likeness (QED) is 0.404. The molecule has 5 aromatic rings. The van der Waals surface area contributed by atoms with Gasteiger partial charge in [-0.1, -0.05) is 67.9 Å². The number of thiophene rings is 1. The molecule has 0 unspecified atom stereocenters. The lowest BCUT2D eigenvalue weighted by Gasteiger charge is -2.10. The number of aryl methyl sites for hydroxylation is 1. The largest absolute Gasteiger partial charge is 0.352 e. The maximum atomic E-state index is 13.3. The zero-order chi connectivity index (χ0) is 22.4. The van der Waals surface area contributed by atoms with Crippen molar-refractivity contribution in [2.45, 2.75) is 39.8 Å². The molecule has 2 aromatic carbocycles. The topological polar surface area (TPSA) is 61.3 Å². The fourth-order valence-corrected chi connectivity index (χ4v) is 4.88. The van der Waals surface area contributed by atoms with Gasteiger partial charge in [0, 0.05) is 0 Å². The Morgan fingerprint density at radius 2 is 1.75 bits per heavy atom. The number of nitrogens with zero attached hydrogens (tertiary/aromatic N) is 4. The van der Waals surface area contributed by atoms with E-state index in [-0.39, 0.29) is 11.2 Å². The van der Waals surface area contributed by atoms with Crippen molar-refractivity contribution in [2.24, 2.45) is 0 Å². The molecule has 3 aromatic heterocycles. The summed E-state index contributed by atoms with van der Waals surface area (Å²) in [6.45, 7) is 7.04. The molecule has 3 heterocycles. The summed E-state index contributed by atoms with van der Waals surface area (Å²) in [6, 6.07) is 18.1. The van der Waals surface area contributed by atoms with E-state index in [1.807, 2.05) is 54.8 Å². The second-order valence-electron chi connectivity index (χ2n) is 8.49. The molecule has 6 nitrogen and oxygen atoms in total. The summed E-state index contributed by atoms with van der Waals surface area (Å²) in [5, 5.41) is 6.45. The zero-order valence-electron chi connectivity index (χ0n) is 18.3. The Balaban J connectivity index is 1.67. The monoisotopic (exact) mass is 444 g/mol. The molecule has 0 fully saturated rings. The van der Waals surface area contributed by atoms with Crippen molar-refractivity contribution in [2.75, 3.05) is 0 Å². The van der Waals surface area contributed by atoms with E-state index in [1.165, 1.54) is 21.6 Å². The Kier molecular flexibility index (Phi) is 5.06. The maximum absolute atomic E-state index is 13.3. The number of hydrogen-bond donors (Lipinski definition) is 0. The molecule has 0 amide bonds. The van der Waals surface area contributed by atoms with Crippen molar-refractivity contribution in [3.63, 3.8) is 0 Å². The number of aromatic nitrogens is 4. The molecule has 5 rings (SSSR count). The third-order valence-corrected chi connectivity index (χ3v) is 6.68. The zero-order valence-corrected chi connectivity index (χ0v) is 19.1. The van der Waals surface area contributed by atoms with Crippen LogP contribution in [0.25, 0.3) is 16.0 Å². The van der Waals surface area contributed by atoms with Gasteiger partial charge in [0.05, 0.1) is 18.6 Å². The molecule has 0 aliphatic heterocycles. The number of fused-ring (bicyclic) bond motifs is 3. The SMILES string of the molecule is Cc1cccc(Cn2nc3n(Cc4ccc(C(C)C)cc4)c(=O)c4sccc4n3c2=O)c1. The van der Waals surface area contributed by atoms with Crippen LogP contribution < -0.4 is 11.2 Å². The lowest BCUT2D eigenvalue weighted by atomic mass is 10.0. The van der Waals surface area contributed by atoms with Gasteiger partial charge in [0.15, 0.2) is 0 Å². The Bertz CT molecular complexity index is 1550. The van der Waals surface area contributed by atoms with Crippen LogP contribution >= 0.6 is 11.3 Å². The second kappa shape index (κ2) is 7.91. The smallest absolute Gasteiger partial charge is 0.271 e. The predicted molar refractivity (Wildman–Crippen MR) is 129 cm³/mol. The maximum Gasteiger partial charge on any atom is 0.352 e. The summed E-state index contributed by atoms with van der Waals surface area (Å²) < 4.78 is 5.18. The molecule has 0 aliphatic rings. The summed E-state index contributed by atoms with van der Waals surface area (Å²) in [7, 11) is 0. The summed E-state index contributed by atoms with van der Waals surface area (Å²) in [4.78, 5) is 26.6. The molecular weight excluding hydrogens is 420 g/mol. The first-order valence-corrected chi connectivity index (χ1v) is 11.5. The van der Waals surface area contributed by atoms with E-state index in [1.54, 1.807) is 8.97 Å². The Morgan fingerprint density at radius 3 is 2.47 bits per heavy atom. The lowest BCUT2D eigenvalue weighted by molar-refractivity contribution is 0.654. The van der Waals surface area contributed by atoms with E-state index in [0.29, 0.717) is 35.0 Å². The molecule has 0 spiro atoms. The molecule has 32 heavy (non-hydrogen) atoms. The standard InChI is InChI=1S/C25H24N4O2S/c1-16(2)20-9-7-18(8-10-20)14-27-23(30)22-21(11-12-32-22)29-24(27)26-28(25(29)31)15-19-6-4-5-17(3)13-19/h4-13,16H,14-15H2,1-3H3. The minimum Gasteiger partial charge on any atom is -0.271 e. The highest BCUT2D eigenvalue weighted by atomic mass is 32.1. The predicted octanol–water partition coefficient (Wildman–Crippen LogP) is 4.40. The highest BCUT2D eigenvalue weighted by molar-refractivity contribution is 7.17. The number of benzene rings is 2. The van der Waals surface area contributed by atoms with Gasteiger partial charge in [-0.25, -0.2) is 13.9 Å². The van der Waals surface area contributed by atoms with Crippen LogP contribution in [0.15, 0.2) is 69.6 Å². The van der Waals surface area contributed by atoms with Crippen LogP contribution in [0.5, 0.6) is 0 Å². The van der Waals surface area contributed by atoms with Gasteiger partial charge >= 0.3 is 5.69 Å². The van der Waals surface area contributed by atoms with Gasteiger partial charge in [-0.2, -0.15) is 0 Å². The summed E-state index contributed by atoms with van der Waals surface area (Å²) in [5.74, 6) is 0.809. The average Bonchev–Trinajstić information content (AvgIpc) is 3.37. The number of hydrogen-bond acceptors (Lipinski definition) is 4. The van der Waals surface area contributed by atoms with E-state index in [2.05, 4.69) is 31.1 Å². The third kappa shape index (κ3) is 3.48. The molecule has 0 atom stereocenters. The van der Waals surface area contributed by atoms with Crippen LogP contribution in [0.4, 0.5) is 0 Å². The molecule has 0 N–H and O–H groups in total. The van der Waals surface area contributed by atoms with Gasteiger partial charge in [-0.15, -0.1) is 16.4 Å². The second-order valence-corrected chi connectivity index (χ2v) is 9.40. The van der Waals surface area contributed by atoms with Crippen LogP contribution in [0.2, 0.25) is 0 Å². The fourth-order valence-electron chi connectivity index (χ4n) is 4.05. The van der Waals surface area contributed by atoms with Crippen LogP contribution in [0.3, 0.4) is 0 Å². The Hall–Kier alpha value is -3.45. The van der Waals surface area contributed by atoms with Crippen molar-refractivity contribution in [3.8, 4) is 0 Å². The number of rotatable bonds is 5. The van der Waals surface area contributed by atoms with E-state index in [4.69, 9.17) is 0 Å². The molecule has 0 radical (unpaired) electrons. The van der Waals surface area contributed by atoms with Crippen molar-refractivity contribution >= 4 is 27.3 Å². The Labute approximate surface area is 189 Å². The van der Waals surface area contributed by atoms with E-state index in [9.17, 15) is 9.59 Å². The molecule has 0 bridgehead atoms. The molecule has 0 saturated carbocycles. The molecular formula is C25H24N4O2S. The van der Waals surface area contributed by atoms with Gasteiger partial charge in [0.2, 0.25) is 5.78 Å². The minimum absolute atomic E-state index is 0.122. The van der Waals surface area contributed by atoms with E-state index >= 15 is 0 Å². The lowest BCUT2D eigenvalue weighted by Crippen LogP contribution is -2.26. The summed E-state index contributed by atoms with van der Waals surface area (Å²) >= 11 is 1.35. The van der Waals surface area contributed by atoms with Crippen molar-refractivity contribution in [1.82, 2.24) is 18.7 Å². The van der Waals surface area contributed by atoms with E-state index in [0.717, 1.165) is 16.7 Å². The van der Waals surface area contributed by atoms with Crippen LogP contribution in [0.1, 0.15) is 42.0 Å². The molecule has 7 heteroatoms. The van der Waals surface area contributed by atoms with Gasteiger partial charge in [0.25, 0.3) is 5.56 Å². The van der Waals surface area contributed by atoms with Gasteiger partial charge in [-0.05, 0) is 41.0 Å². The summed E-state index contributed by atoms with van der Waals surface area (Å²) in [6.07, 6.45) is 0. The summed E-state index contributed by atoms with van der Waals surface area (Å²) in [5.41, 5.74) is 4.61. The first-order chi connectivity index (χ1) is 15.4. The van der Waals surface area contributed by atoms with Crippen LogP contribution in [0, 0.1) is 6.92 Å². The van der Waals surface area contributed by atoms with Crippen molar-refractivity contribution in [3.05, 3.63) is 103 Å². The van der Waals surface area contributed by atoms with Crippen LogP contribution in [-0.4, -0.2) is 18.7 Å². The molecule has 162 valence electrons. The minimum atomic E-state index is -0.242. The van der Waals surface area contributed by atoms with Gasteiger partial charge in [0.1, 0.15) is 4.70 Å². The van der Waals surface area contributed by atoms with Crippen molar-refractivity contribution in [1.29, 1.82) is 0 Å². The third-order valence-electron chi connectivity index (χ3n) is 5.79. The van der Waals surface area contributed by atoms with Crippen LogP contribution in [-0.2, 0) is 13.1 Å².